The van der Waals surface area contributed by atoms with Gasteiger partial charge in [-0.25, -0.2) is 0 Å². The van der Waals surface area contributed by atoms with Gasteiger partial charge in [-0.3, -0.25) is 0 Å². The van der Waals surface area contributed by atoms with Gasteiger partial charge >= 0.3 is 6.36 Å². The standard InChI is InChI=1S/C23H19F3N3O2/c1-2-4-13-11-15(30-23(24,25)26)8-9-16(13)22-28-21(29-31-22)14-7-10-20-18(12-14)17-5-3-6-19(17)27-20/h6-12,27H,2-5H2,1H3. The van der Waals surface area contributed by atoms with Crippen molar-refractivity contribution in [1.29, 1.82) is 0 Å². The zero-order valence-electron chi connectivity index (χ0n) is 16.7. The van der Waals surface area contributed by atoms with Gasteiger partial charge in [-0.05, 0) is 66.8 Å². The van der Waals surface area contributed by atoms with E-state index in [9.17, 15) is 13.2 Å². The maximum absolute atomic E-state index is 12.6. The molecule has 5 nitrogen and oxygen atoms in total. The van der Waals surface area contributed by atoms with Crippen LogP contribution < -0.4 is 4.74 Å². The largest absolute Gasteiger partial charge is 0.573 e. The third-order valence-corrected chi connectivity index (χ3v) is 5.43. The molecule has 0 saturated heterocycles. The highest BCUT2D eigenvalue weighted by molar-refractivity contribution is 5.89. The lowest BCUT2D eigenvalue weighted by Gasteiger charge is -2.11. The maximum Gasteiger partial charge on any atom is 0.573 e. The fraction of sp³-hybridized carbons (Fsp3) is 0.261. The highest BCUT2D eigenvalue weighted by Gasteiger charge is 2.31. The molecule has 2 aromatic carbocycles. The van der Waals surface area contributed by atoms with Crippen LogP contribution in [0, 0.1) is 6.42 Å². The van der Waals surface area contributed by atoms with Crippen molar-refractivity contribution in [2.75, 3.05) is 0 Å². The van der Waals surface area contributed by atoms with E-state index in [4.69, 9.17) is 4.52 Å². The normalized spacial score (nSPS) is 13.7. The van der Waals surface area contributed by atoms with Crippen LogP contribution in [0.15, 0.2) is 40.9 Å². The second-order valence-corrected chi connectivity index (χ2v) is 7.56. The lowest BCUT2D eigenvalue weighted by molar-refractivity contribution is -0.274. The number of aryl methyl sites for hydroxylation is 2. The zero-order valence-corrected chi connectivity index (χ0v) is 16.7. The van der Waals surface area contributed by atoms with E-state index in [2.05, 4.69) is 26.3 Å². The van der Waals surface area contributed by atoms with E-state index in [1.165, 1.54) is 29.5 Å². The first-order valence-corrected chi connectivity index (χ1v) is 10.1. The van der Waals surface area contributed by atoms with Crippen molar-refractivity contribution >= 4 is 10.9 Å². The van der Waals surface area contributed by atoms with Crippen molar-refractivity contribution in [1.82, 2.24) is 15.1 Å². The van der Waals surface area contributed by atoms with E-state index in [1.54, 1.807) is 0 Å². The van der Waals surface area contributed by atoms with E-state index in [-0.39, 0.29) is 11.6 Å². The quantitative estimate of drug-likeness (QED) is 0.411. The summed E-state index contributed by atoms with van der Waals surface area (Å²) >= 11 is 0. The molecule has 31 heavy (non-hydrogen) atoms. The molecule has 5 rings (SSSR count). The van der Waals surface area contributed by atoms with Crippen LogP contribution >= 0.6 is 0 Å². The van der Waals surface area contributed by atoms with E-state index in [1.807, 2.05) is 25.1 Å². The third kappa shape index (κ3) is 3.78. The van der Waals surface area contributed by atoms with Gasteiger partial charge in [0, 0.05) is 34.1 Å². The summed E-state index contributed by atoms with van der Waals surface area (Å²) in [5.41, 5.74) is 5.63. The molecule has 0 atom stereocenters. The number of alkyl halides is 3. The Bertz CT molecular complexity index is 1260. The number of fused-ring (bicyclic) bond motifs is 3. The SMILES string of the molecule is CCCc1cc(OC(F)(F)F)ccc1-c1nc(-c2ccc3[nH]c4c(c3c2)CC[CH]4)no1. The Labute approximate surface area is 176 Å². The van der Waals surface area contributed by atoms with Crippen LogP contribution in [-0.4, -0.2) is 21.5 Å². The van der Waals surface area contributed by atoms with Gasteiger partial charge in [-0.15, -0.1) is 13.2 Å². The van der Waals surface area contributed by atoms with Crippen LogP contribution in [0.4, 0.5) is 13.2 Å². The predicted molar refractivity (Wildman–Crippen MR) is 109 cm³/mol. The number of hydrogen-bond acceptors (Lipinski definition) is 4. The molecule has 0 aliphatic heterocycles. The molecular formula is C23H19F3N3O2. The number of aromatic nitrogens is 3. The molecule has 0 saturated carbocycles. The molecule has 0 unspecified atom stereocenters. The van der Waals surface area contributed by atoms with Gasteiger partial charge in [-0.2, -0.15) is 4.98 Å². The number of hydrogen-bond donors (Lipinski definition) is 1. The first-order valence-electron chi connectivity index (χ1n) is 10.1. The van der Waals surface area contributed by atoms with Crippen molar-refractivity contribution in [3.05, 3.63) is 59.6 Å². The topological polar surface area (TPSA) is 63.9 Å². The summed E-state index contributed by atoms with van der Waals surface area (Å²) in [6, 6.07) is 10.1. The first-order chi connectivity index (χ1) is 14.9. The number of ether oxygens (including phenoxy) is 1. The second-order valence-electron chi connectivity index (χ2n) is 7.56. The molecule has 1 radical (unpaired) electrons. The van der Waals surface area contributed by atoms with Gasteiger partial charge in [0.05, 0.1) is 0 Å². The van der Waals surface area contributed by atoms with Crippen molar-refractivity contribution in [3.8, 4) is 28.6 Å². The van der Waals surface area contributed by atoms with Crippen LogP contribution in [0.3, 0.4) is 0 Å². The van der Waals surface area contributed by atoms with Gasteiger partial charge in [0.2, 0.25) is 5.82 Å². The Morgan fingerprint density at radius 2 is 2.03 bits per heavy atom. The van der Waals surface area contributed by atoms with E-state index in [0.29, 0.717) is 23.4 Å². The molecule has 159 valence electrons. The fourth-order valence-corrected chi connectivity index (χ4v) is 4.11. The molecular weight excluding hydrogens is 407 g/mol. The lowest BCUT2D eigenvalue weighted by atomic mass is 10.0. The minimum Gasteiger partial charge on any atom is -0.406 e. The molecule has 1 aliphatic rings. The monoisotopic (exact) mass is 426 g/mol. The summed E-state index contributed by atoms with van der Waals surface area (Å²) in [6.07, 6.45) is 0.793. The van der Waals surface area contributed by atoms with Gasteiger partial charge in [0.1, 0.15) is 5.75 Å². The minimum absolute atomic E-state index is 0.261. The average Bonchev–Trinajstić information content (AvgIpc) is 3.43. The van der Waals surface area contributed by atoms with Crippen molar-refractivity contribution in [3.63, 3.8) is 0 Å². The predicted octanol–water partition coefficient (Wildman–Crippen LogP) is 6.23. The molecule has 1 aliphatic carbocycles. The van der Waals surface area contributed by atoms with Gasteiger partial charge in [0.15, 0.2) is 0 Å². The maximum atomic E-state index is 12.6. The number of aromatic amines is 1. The molecule has 0 fully saturated rings. The number of H-pyrrole nitrogens is 1. The molecule has 0 spiro atoms. The highest BCUT2D eigenvalue weighted by atomic mass is 19.4. The van der Waals surface area contributed by atoms with E-state index in [0.717, 1.165) is 35.7 Å². The molecule has 1 N–H and O–H groups in total. The molecule has 4 aromatic rings. The van der Waals surface area contributed by atoms with Crippen LogP contribution in [0.5, 0.6) is 5.75 Å². The summed E-state index contributed by atoms with van der Waals surface area (Å²) in [4.78, 5) is 7.94. The number of rotatable bonds is 5. The Morgan fingerprint density at radius 1 is 1.16 bits per heavy atom. The third-order valence-electron chi connectivity index (χ3n) is 5.43. The molecule has 8 heteroatoms. The molecule has 0 bridgehead atoms. The highest BCUT2D eigenvalue weighted by Crippen LogP contribution is 2.35. The first kappa shape index (κ1) is 19.7. The summed E-state index contributed by atoms with van der Waals surface area (Å²) in [6.45, 7) is 1.95. The van der Waals surface area contributed by atoms with Crippen molar-refractivity contribution in [2.24, 2.45) is 0 Å². The minimum atomic E-state index is -4.74. The number of halogens is 3. The summed E-state index contributed by atoms with van der Waals surface area (Å²) in [7, 11) is 0. The van der Waals surface area contributed by atoms with Crippen LogP contribution in [0.1, 0.15) is 36.6 Å². The van der Waals surface area contributed by atoms with E-state index >= 15 is 0 Å². The number of nitrogens with one attached hydrogen (secondary N) is 1. The van der Waals surface area contributed by atoms with Gasteiger partial charge in [-0.1, -0.05) is 18.5 Å². The smallest absolute Gasteiger partial charge is 0.406 e. The summed E-state index contributed by atoms with van der Waals surface area (Å²) in [5.74, 6) is 0.444. The Kier molecular flexibility index (Phi) is 4.72. The lowest BCUT2D eigenvalue weighted by Crippen LogP contribution is -2.17. The zero-order chi connectivity index (χ0) is 21.6. The second kappa shape index (κ2) is 7.44. The fourth-order valence-electron chi connectivity index (χ4n) is 4.11. The molecule has 2 heterocycles. The molecule has 0 amide bonds. The van der Waals surface area contributed by atoms with E-state index < -0.39 is 6.36 Å². The van der Waals surface area contributed by atoms with Gasteiger partial charge < -0.3 is 14.2 Å². The number of benzene rings is 2. The van der Waals surface area contributed by atoms with Gasteiger partial charge in [0.25, 0.3) is 5.89 Å². The summed E-state index contributed by atoms with van der Waals surface area (Å²) < 4.78 is 47.3. The van der Waals surface area contributed by atoms with Crippen LogP contribution in [0.25, 0.3) is 33.7 Å². The van der Waals surface area contributed by atoms with Crippen LogP contribution in [0.2, 0.25) is 0 Å². The summed E-state index contributed by atoms with van der Waals surface area (Å²) in [5, 5.41) is 5.26. The average molecular weight is 426 g/mol. The van der Waals surface area contributed by atoms with Crippen molar-refractivity contribution in [2.45, 2.75) is 39.0 Å². The molecule has 2 aromatic heterocycles. The Morgan fingerprint density at radius 3 is 2.84 bits per heavy atom. The number of nitrogens with zero attached hydrogens (tertiary/aromatic N) is 2. The Balaban J connectivity index is 1.49. The van der Waals surface area contributed by atoms with Crippen LogP contribution in [-0.2, 0) is 12.8 Å². The Hall–Kier alpha value is -3.29. The van der Waals surface area contributed by atoms with Crippen molar-refractivity contribution < 1.29 is 22.4 Å².